The number of nitrogens with zero attached hydrogens (tertiary/aromatic N) is 4. The lowest BCUT2D eigenvalue weighted by Crippen LogP contribution is -2.34. The van der Waals surface area contributed by atoms with Crippen LogP contribution in [0.2, 0.25) is 0 Å². The van der Waals surface area contributed by atoms with Gasteiger partial charge in [0, 0.05) is 54.2 Å². The van der Waals surface area contributed by atoms with Gasteiger partial charge in [0.2, 0.25) is 0 Å². The molecule has 0 spiro atoms. The minimum Gasteiger partial charge on any atom is -0.382 e. The molecule has 2 aliphatic rings. The summed E-state index contributed by atoms with van der Waals surface area (Å²) in [6.07, 6.45) is 12.8. The molecule has 34 heavy (non-hydrogen) atoms. The average Bonchev–Trinajstić information content (AvgIpc) is 3.48. The van der Waals surface area contributed by atoms with Crippen molar-refractivity contribution in [2.24, 2.45) is 5.92 Å². The van der Waals surface area contributed by atoms with Gasteiger partial charge in [0.15, 0.2) is 5.65 Å². The maximum absolute atomic E-state index is 4.90. The average molecular weight is 455 g/mol. The summed E-state index contributed by atoms with van der Waals surface area (Å²) in [6, 6.07) is 9.24. The molecule has 4 aromatic rings. The summed E-state index contributed by atoms with van der Waals surface area (Å²) in [4.78, 5) is 21.8. The first-order chi connectivity index (χ1) is 16.7. The van der Waals surface area contributed by atoms with Crippen LogP contribution in [-0.4, -0.2) is 37.0 Å². The zero-order valence-electron chi connectivity index (χ0n) is 19.5. The van der Waals surface area contributed by atoms with Gasteiger partial charge in [-0.25, -0.2) is 15.4 Å². The number of rotatable bonds is 5. The lowest BCUT2D eigenvalue weighted by atomic mass is 9.73. The van der Waals surface area contributed by atoms with Gasteiger partial charge < -0.3 is 10.3 Å². The van der Waals surface area contributed by atoms with Crippen molar-refractivity contribution in [2.45, 2.75) is 57.2 Å². The van der Waals surface area contributed by atoms with Crippen LogP contribution >= 0.6 is 0 Å². The van der Waals surface area contributed by atoms with Crippen LogP contribution in [0.3, 0.4) is 0 Å². The number of hydrazine groups is 1. The third kappa shape index (κ3) is 3.93. The van der Waals surface area contributed by atoms with E-state index in [4.69, 9.17) is 4.98 Å². The number of H-pyrrole nitrogens is 1. The van der Waals surface area contributed by atoms with Crippen LogP contribution in [0, 0.1) is 5.92 Å². The van der Waals surface area contributed by atoms with Gasteiger partial charge in [-0.3, -0.25) is 15.4 Å². The molecule has 4 atom stereocenters. The Bertz CT molecular complexity index is 1280. The van der Waals surface area contributed by atoms with Gasteiger partial charge in [-0.2, -0.15) is 0 Å². The number of imidazole rings is 1. The number of fused-ring (bicyclic) bond motifs is 2. The summed E-state index contributed by atoms with van der Waals surface area (Å²) in [5.74, 6) is 1.86. The van der Waals surface area contributed by atoms with Crippen LogP contribution in [0.15, 0.2) is 55.2 Å². The minimum absolute atomic E-state index is 0.105. The van der Waals surface area contributed by atoms with Crippen LogP contribution in [0.4, 0.5) is 5.69 Å². The third-order valence-electron chi connectivity index (χ3n) is 7.12. The quantitative estimate of drug-likeness (QED) is 0.356. The first-order valence-electron chi connectivity index (χ1n) is 12.1. The van der Waals surface area contributed by atoms with Gasteiger partial charge in [-0.05, 0) is 68.7 Å². The Hall–Kier alpha value is -3.36. The molecular weight excluding hydrogens is 424 g/mol. The molecule has 174 valence electrons. The molecule has 0 amide bonds. The lowest BCUT2D eigenvalue weighted by Gasteiger charge is -2.33. The fourth-order valence-electron chi connectivity index (χ4n) is 5.56. The minimum atomic E-state index is 0.105. The molecule has 1 saturated carbocycles. The second-order valence-electron chi connectivity index (χ2n) is 9.77. The Morgan fingerprint density at radius 2 is 1.97 bits per heavy atom. The monoisotopic (exact) mass is 454 g/mol. The van der Waals surface area contributed by atoms with Gasteiger partial charge in [0.1, 0.15) is 5.82 Å². The Morgan fingerprint density at radius 1 is 1.03 bits per heavy atom. The van der Waals surface area contributed by atoms with E-state index in [2.05, 4.69) is 62.1 Å². The molecule has 0 radical (unpaired) electrons. The van der Waals surface area contributed by atoms with Crippen LogP contribution in [0.5, 0.6) is 0 Å². The number of hydrogen-bond acceptors (Lipinski definition) is 7. The predicted octanol–water partition coefficient (Wildman–Crippen LogP) is 4.34. The van der Waals surface area contributed by atoms with Crippen molar-refractivity contribution < 1.29 is 0 Å². The first-order valence-corrected chi connectivity index (χ1v) is 12.1. The molecule has 6 rings (SSSR count). The summed E-state index contributed by atoms with van der Waals surface area (Å²) in [7, 11) is 0. The molecule has 1 aliphatic heterocycles. The second kappa shape index (κ2) is 8.77. The summed E-state index contributed by atoms with van der Waals surface area (Å²) in [6.45, 7) is 4.31. The highest BCUT2D eigenvalue weighted by Gasteiger charge is 2.42. The molecule has 0 bridgehead atoms. The molecule has 1 saturated heterocycles. The standard InChI is InChI=1S/C26H30N8/c1-15(2)30-19-10-18(13-28-14-19)16-5-6-22-21(11-16)24(34-33-22)26-31-23-20(7-9-29-25(23)32-26)17-4-3-8-27-12-17/h3-4,7-10,12-16,21-22,24,30,33-34H,5-6,11H2,1-2H3,(H,29,31,32). The normalized spacial score (nSPS) is 24.4. The third-order valence-corrected chi connectivity index (χ3v) is 7.12. The van der Waals surface area contributed by atoms with E-state index in [0.29, 0.717) is 23.9 Å². The summed E-state index contributed by atoms with van der Waals surface area (Å²) < 4.78 is 0. The maximum atomic E-state index is 4.90. The molecule has 0 aromatic carbocycles. The zero-order valence-corrected chi connectivity index (χ0v) is 19.5. The SMILES string of the molecule is CC(C)Nc1cncc(C2CCC3NNC(c4nc5nccc(-c6cccnc6)c5[nH]4)C3C2)c1. The largest absolute Gasteiger partial charge is 0.382 e. The van der Waals surface area contributed by atoms with Crippen LogP contribution in [-0.2, 0) is 0 Å². The van der Waals surface area contributed by atoms with Crippen molar-refractivity contribution in [1.29, 1.82) is 0 Å². The van der Waals surface area contributed by atoms with E-state index in [9.17, 15) is 0 Å². The van der Waals surface area contributed by atoms with Crippen molar-refractivity contribution in [2.75, 3.05) is 5.32 Å². The Labute approximate surface area is 199 Å². The topological polar surface area (TPSA) is 103 Å². The highest BCUT2D eigenvalue weighted by molar-refractivity contribution is 5.89. The smallest absolute Gasteiger partial charge is 0.178 e. The van der Waals surface area contributed by atoms with Crippen molar-refractivity contribution in [3.63, 3.8) is 0 Å². The first kappa shape index (κ1) is 21.2. The zero-order chi connectivity index (χ0) is 23.1. The number of hydrogen-bond donors (Lipinski definition) is 4. The molecule has 8 nitrogen and oxygen atoms in total. The van der Waals surface area contributed by atoms with Gasteiger partial charge in [0.05, 0.1) is 17.2 Å². The molecule has 4 aromatic heterocycles. The summed E-state index contributed by atoms with van der Waals surface area (Å²) in [5, 5.41) is 3.49. The van der Waals surface area contributed by atoms with E-state index in [0.717, 1.165) is 53.1 Å². The van der Waals surface area contributed by atoms with Gasteiger partial charge >= 0.3 is 0 Å². The van der Waals surface area contributed by atoms with Gasteiger partial charge in [-0.15, -0.1) is 0 Å². The van der Waals surface area contributed by atoms with E-state index in [1.165, 1.54) is 5.56 Å². The number of aromatic nitrogens is 5. The molecule has 4 unspecified atom stereocenters. The Balaban J connectivity index is 1.28. The van der Waals surface area contributed by atoms with E-state index < -0.39 is 0 Å². The van der Waals surface area contributed by atoms with E-state index in [-0.39, 0.29) is 6.04 Å². The number of aromatic amines is 1. The van der Waals surface area contributed by atoms with Crippen LogP contribution in [0.1, 0.15) is 56.5 Å². The lowest BCUT2D eigenvalue weighted by molar-refractivity contribution is 0.274. The number of nitrogens with one attached hydrogen (secondary N) is 4. The van der Waals surface area contributed by atoms with Gasteiger partial charge in [-0.1, -0.05) is 6.07 Å². The number of anilines is 1. The number of pyridine rings is 3. The fraction of sp³-hybridized carbons (Fsp3) is 0.385. The summed E-state index contributed by atoms with van der Waals surface area (Å²) >= 11 is 0. The second-order valence-corrected chi connectivity index (χ2v) is 9.77. The Kier molecular flexibility index (Phi) is 5.47. The highest BCUT2D eigenvalue weighted by atomic mass is 15.4. The molecule has 8 heteroatoms. The molecular formula is C26H30N8. The predicted molar refractivity (Wildman–Crippen MR) is 133 cm³/mol. The van der Waals surface area contributed by atoms with E-state index in [1.807, 2.05) is 36.9 Å². The maximum Gasteiger partial charge on any atom is 0.178 e. The molecule has 2 fully saturated rings. The van der Waals surface area contributed by atoms with Crippen molar-refractivity contribution in [3.05, 3.63) is 66.6 Å². The summed E-state index contributed by atoms with van der Waals surface area (Å²) in [5.41, 5.74) is 13.3. The van der Waals surface area contributed by atoms with Crippen molar-refractivity contribution in [1.82, 2.24) is 35.8 Å². The molecule has 5 heterocycles. The van der Waals surface area contributed by atoms with E-state index >= 15 is 0 Å². The van der Waals surface area contributed by atoms with E-state index in [1.54, 1.807) is 6.20 Å². The fourth-order valence-corrected chi connectivity index (χ4v) is 5.56. The molecule has 1 aliphatic carbocycles. The highest BCUT2D eigenvalue weighted by Crippen LogP contribution is 2.44. The van der Waals surface area contributed by atoms with Crippen molar-refractivity contribution >= 4 is 16.9 Å². The molecule has 4 N–H and O–H groups in total. The van der Waals surface area contributed by atoms with Crippen LogP contribution < -0.4 is 16.2 Å². The van der Waals surface area contributed by atoms with Crippen molar-refractivity contribution in [3.8, 4) is 11.1 Å². The Morgan fingerprint density at radius 3 is 2.82 bits per heavy atom. The van der Waals surface area contributed by atoms with Gasteiger partial charge in [0.25, 0.3) is 0 Å². The van der Waals surface area contributed by atoms with Crippen LogP contribution in [0.25, 0.3) is 22.3 Å².